The van der Waals surface area contributed by atoms with E-state index in [0.717, 1.165) is 77.2 Å². The number of hydrogen-bond donors (Lipinski definition) is 4. The quantitative estimate of drug-likeness (QED) is 0.550. The van der Waals surface area contributed by atoms with E-state index in [1.807, 2.05) is 31.2 Å². The van der Waals surface area contributed by atoms with Gasteiger partial charge < -0.3 is 21.4 Å². The molecule has 0 radical (unpaired) electrons. The fourth-order valence-electron chi connectivity index (χ4n) is 4.51. The summed E-state index contributed by atoms with van der Waals surface area (Å²) in [6.45, 7) is 2.65. The first-order valence-electron chi connectivity index (χ1n) is 10.4. The Morgan fingerprint density at radius 2 is 2.10 bits per heavy atom. The minimum atomic E-state index is -0.0214. The third-order valence-electron chi connectivity index (χ3n) is 6.02. The van der Waals surface area contributed by atoms with Crippen LogP contribution in [0.15, 0.2) is 24.3 Å². The number of carbonyl (C=O) groups is 1. The summed E-state index contributed by atoms with van der Waals surface area (Å²) in [7, 11) is 0. The van der Waals surface area contributed by atoms with Crippen molar-refractivity contribution in [2.24, 2.45) is 5.73 Å². The zero-order chi connectivity index (χ0) is 20.0. The van der Waals surface area contributed by atoms with Crippen molar-refractivity contribution in [1.29, 1.82) is 0 Å². The first kappa shape index (κ1) is 18.1. The van der Waals surface area contributed by atoms with Crippen molar-refractivity contribution in [1.82, 2.24) is 20.3 Å². The number of aromatic nitrogens is 3. The Morgan fingerprint density at radius 1 is 1.21 bits per heavy atom. The molecule has 1 saturated carbocycles. The van der Waals surface area contributed by atoms with Crippen LogP contribution in [0.25, 0.3) is 22.3 Å². The molecular weight excluding hydrogens is 364 g/mol. The van der Waals surface area contributed by atoms with Gasteiger partial charge in [-0.05, 0) is 44.7 Å². The van der Waals surface area contributed by atoms with Crippen molar-refractivity contribution in [2.45, 2.75) is 51.1 Å². The van der Waals surface area contributed by atoms with Crippen LogP contribution in [-0.4, -0.2) is 39.5 Å². The Hall–Kier alpha value is -2.93. The van der Waals surface area contributed by atoms with Crippen LogP contribution >= 0.6 is 0 Å². The minimum Gasteiger partial charge on any atom is -0.366 e. The molecule has 1 amide bonds. The highest BCUT2D eigenvalue weighted by molar-refractivity contribution is 5.99. The molecule has 2 aromatic heterocycles. The largest absolute Gasteiger partial charge is 0.366 e. The van der Waals surface area contributed by atoms with E-state index in [-0.39, 0.29) is 11.9 Å². The third-order valence-corrected chi connectivity index (χ3v) is 6.02. The summed E-state index contributed by atoms with van der Waals surface area (Å²) in [6.07, 6.45) is 5.10. The normalized spacial score (nSPS) is 21.7. The highest BCUT2D eigenvalue weighted by Gasteiger charge is 2.23. The van der Waals surface area contributed by atoms with Gasteiger partial charge >= 0.3 is 0 Å². The van der Waals surface area contributed by atoms with E-state index in [9.17, 15) is 4.79 Å². The summed E-state index contributed by atoms with van der Waals surface area (Å²) in [6, 6.07) is 8.50. The van der Waals surface area contributed by atoms with E-state index in [2.05, 4.69) is 15.6 Å². The number of rotatable bonds is 3. The molecule has 1 aliphatic carbocycles. The van der Waals surface area contributed by atoms with Gasteiger partial charge in [-0.25, -0.2) is 9.97 Å². The fourth-order valence-corrected chi connectivity index (χ4v) is 4.51. The predicted molar refractivity (Wildman–Crippen MR) is 114 cm³/mol. The molecule has 1 aromatic carbocycles. The number of benzene rings is 1. The number of nitrogens with two attached hydrogens (primary N) is 1. The van der Waals surface area contributed by atoms with Crippen molar-refractivity contribution >= 4 is 22.8 Å². The number of aromatic amines is 1. The Morgan fingerprint density at radius 3 is 2.93 bits per heavy atom. The maximum atomic E-state index is 12.2. The molecule has 2 atom stereocenters. The van der Waals surface area contributed by atoms with Crippen molar-refractivity contribution in [3.63, 3.8) is 0 Å². The van der Waals surface area contributed by atoms with Crippen LogP contribution in [0.2, 0.25) is 0 Å². The molecule has 1 fully saturated rings. The van der Waals surface area contributed by atoms with E-state index in [1.165, 1.54) is 0 Å². The second kappa shape index (κ2) is 7.15. The van der Waals surface area contributed by atoms with E-state index in [4.69, 9.17) is 15.7 Å². The standard InChI is InChI=1S/C22H26N6O/c1-12-21(26-14-5-2-4-13(23)10-14)28-20-15(6-3-7-18(20)25-12)19-11-16-17(27-19)8-9-24-22(16)29/h3,6-7,11,13-14,27H,2,4-5,8-10,23H2,1H3,(H,24,29)(H,26,28). The summed E-state index contributed by atoms with van der Waals surface area (Å²) in [5, 5.41) is 6.48. The molecule has 3 heterocycles. The van der Waals surface area contributed by atoms with Crippen LogP contribution in [0.3, 0.4) is 0 Å². The minimum absolute atomic E-state index is 0.0214. The number of fused-ring (bicyclic) bond motifs is 2. The van der Waals surface area contributed by atoms with E-state index in [1.54, 1.807) is 0 Å². The van der Waals surface area contributed by atoms with Gasteiger partial charge in [0.25, 0.3) is 5.91 Å². The molecule has 0 bridgehead atoms. The van der Waals surface area contributed by atoms with Gasteiger partial charge in [0.1, 0.15) is 11.3 Å². The van der Waals surface area contributed by atoms with Gasteiger partial charge in [0.2, 0.25) is 0 Å². The highest BCUT2D eigenvalue weighted by Crippen LogP contribution is 2.31. The van der Waals surface area contributed by atoms with Crippen molar-refractivity contribution < 1.29 is 4.79 Å². The van der Waals surface area contributed by atoms with Crippen molar-refractivity contribution in [2.75, 3.05) is 11.9 Å². The summed E-state index contributed by atoms with van der Waals surface area (Å²) >= 11 is 0. The molecule has 29 heavy (non-hydrogen) atoms. The average molecular weight is 390 g/mol. The Balaban J connectivity index is 1.55. The number of aryl methyl sites for hydroxylation is 1. The molecule has 150 valence electrons. The van der Waals surface area contributed by atoms with Gasteiger partial charge in [0.05, 0.1) is 16.8 Å². The molecule has 2 aliphatic rings. The van der Waals surface area contributed by atoms with Crippen molar-refractivity contribution in [3.05, 3.63) is 41.2 Å². The fraction of sp³-hybridized carbons (Fsp3) is 0.409. The molecule has 5 N–H and O–H groups in total. The van der Waals surface area contributed by atoms with Crippen LogP contribution in [0.1, 0.15) is 47.4 Å². The Labute approximate surface area is 169 Å². The number of amides is 1. The number of anilines is 1. The first-order chi connectivity index (χ1) is 14.1. The van der Waals surface area contributed by atoms with Crippen molar-refractivity contribution in [3.8, 4) is 11.3 Å². The van der Waals surface area contributed by atoms with Gasteiger partial charge in [-0.1, -0.05) is 12.1 Å². The van der Waals surface area contributed by atoms with Crippen LogP contribution in [0.4, 0.5) is 5.82 Å². The van der Waals surface area contributed by atoms with Crippen LogP contribution in [-0.2, 0) is 6.42 Å². The summed E-state index contributed by atoms with van der Waals surface area (Å²) in [5.74, 6) is 0.796. The second-order valence-electron chi connectivity index (χ2n) is 8.18. The van der Waals surface area contributed by atoms with E-state index >= 15 is 0 Å². The maximum absolute atomic E-state index is 12.2. The lowest BCUT2D eigenvalue weighted by atomic mass is 9.91. The second-order valence-corrected chi connectivity index (χ2v) is 8.18. The lowest BCUT2D eigenvalue weighted by molar-refractivity contribution is 0.0946. The molecule has 5 rings (SSSR count). The number of nitrogens with zero attached hydrogens (tertiary/aromatic N) is 2. The van der Waals surface area contributed by atoms with Gasteiger partial charge in [0, 0.05) is 42.0 Å². The average Bonchev–Trinajstić information content (AvgIpc) is 3.14. The predicted octanol–water partition coefficient (Wildman–Crippen LogP) is 2.90. The zero-order valence-corrected chi connectivity index (χ0v) is 16.6. The van der Waals surface area contributed by atoms with Gasteiger partial charge in [0.15, 0.2) is 0 Å². The smallest absolute Gasteiger partial charge is 0.253 e. The molecule has 1 aliphatic heterocycles. The number of H-pyrrole nitrogens is 1. The monoisotopic (exact) mass is 390 g/mol. The number of hydrogen-bond acceptors (Lipinski definition) is 5. The SMILES string of the molecule is Cc1nc2cccc(-c3cc4c([nH]3)CCNC4=O)c2nc1NC1CCCC(N)C1. The summed E-state index contributed by atoms with van der Waals surface area (Å²) < 4.78 is 0. The Kier molecular flexibility index (Phi) is 4.47. The molecule has 0 saturated heterocycles. The number of carbonyl (C=O) groups excluding carboxylic acids is 1. The molecular formula is C22H26N6O. The molecule has 3 aromatic rings. The molecule has 0 spiro atoms. The van der Waals surface area contributed by atoms with Gasteiger partial charge in [-0.2, -0.15) is 0 Å². The molecule has 7 heteroatoms. The number of nitrogens with one attached hydrogen (secondary N) is 3. The molecule has 2 unspecified atom stereocenters. The van der Waals surface area contributed by atoms with E-state index in [0.29, 0.717) is 12.6 Å². The zero-order valence-electron chi connectivity index (χ0n) is 16.6. The van der Waals surface area contributed by atoms with Gasteiger partial charge in [-0.15, -0.1) is 0 Å². The lowest BCUT2D eigenvalue weighted by Crippen LogP contribution is -2.35. The first-order valence-corrected chi connectivity index (χ1v) is 10.4. The third kappa shape index (κ3) is 3.35. The Bertz CT molecular complexity index is 1090. The van der Waals surface area contributed by atoms with Crippen LogP contribution in [0.5, 0.6) is 0 Å². The highest BCUT2D eigenvalue weighted by atomic mass is 16.1. The van der Waals surface area contributed by atoms with Gasteiger partial charge in [-0.3, -0.25) is 4.79 Å². The molecule has 7 nitrogen and oxygen atoms in total. The maximum Gasteiger partial charge on any atom is 0.253 e. The van der Waals surface area contributed by atoms with Crippen LogP contribution < -0.4 is 16.4 Å². The number of para-hydroxylation sites is 1. The van der Waals surface area contributed by atoms with E-state index < -0.39 is 0 Å². The summed E-state index contributed by atoms with van der Waals surface area (Å²) in [5.41, 5.74) is 12.3. The summed E-state index contributed by atoms with van der Waals surface area (Å²) in [4.78, 5) is 25.3. The lowest BCUT2D eigenvalue weighted by Gasteiger charge is -2.28. The van der Waals surface area contributed by atoms with Crippen LogP contribution in [0, 0.1) is 6.92 Å². The topological polar surface area (TPSA) is 109 Å².